The second kappa shape index (κ2) is 14.5. The zero-order valence-electron chi connectivity index (χ0n) is 13.3. The van der Waals surface area contributed by atoms with Gasteiger partial charge in [-0.25, -0.2) is 0 Å². The van der Waals surface area contributed by atoms with E-state index in [0.717, 1.165) is 19.3 Å². The molecule has 0 radical (unpaired) electrons. The van der Waals surface area contributed by atoms with E-state index in [1.807, 2.05) is 13.0 Å². The highest BCUT2D eigenvalue weighted by molar-refractivity contribution is 4.94. The summed E-state index contributed by atoms with van der Waals surface area (Å²) in [5, 5.41) is 9.51. The second-order valence-electron chi connectivity index (χ2n) is 5.39. The first-order valence-electron chi connectivity index (χ1n) is 8.07. The molecule has 3 N–H and O–H groups in total. The molecule has 0 amide bonds. The van der Waals surface area contributed by atoms with E-state index in [1.165, 1.54) is 25.7 Å². The zero-order chi connectivity index (χ0) is 15.1. The first kappa shape index (κ1) is 19.1. The highest BCUT2D eigenvalue weighted by Crippen LogP contribution is 2.02. The maximum absolute atomic E-state index is 9.51. The fourth-order valence-corrected chi connectivity index (χ4v) is 1.78. The van der Waals surface area contributed by atoms with Crippen LogP contribution in [0, 0.1) is 0 Å². The topological polar surface area (TPSA) is 46.2 Å². The Morgan fingerprint density at radius 3 is 2.10 bits per heavy atom. The van der Waals surface area contributed by atoms with Crippen LogP contribution in [-0.4, -0.2) is 17.3 Å². The maximum Gasteiger partial charge on any atom is 0.0722 e. The van der Waals surface area contributed by atoms with Gasteiger partial charge in [-0.05, 0) is 45.4 Å². The van der Waals surface area contributed by atoms with Crippen LogP contribution >= 0.6 is 0 Å². The summed E-state index contributed by atoms with van der Waals surface area (Å²) >= 11 is 0. The van der Waals surface area contributed by atoms with Gasteiger partial charge in [0.15, 0.2) is 0 Å². The highest BCUT2D eigenvalue weighted by atomic mass is 16.3. The standard InChI is InChI=1S/C18H33NO/c1-3-4-5-6-7-8-9-10-11-12-13-14-15-16-18(20)17(2)19/h7-8,10-11,14-15,17-18,20H,3-6,9,12-13,16,19H2,1-2H3/b8-7-,11-10-,15-14+/t17-,18-/m0/s1. The second-order valence-corrected chi connectivity index (χ2v) is 5.39. The molecule has 0 heterocycles. The molecule has 0 aliphatic heterocycles. The normalized spacial score (nSPS) is 15.6. The van der Waals surface area contributed by atoms with Gasteiger partial charge >= 0.3 is 0 Å². The first-order valence-corrected chi connectivity index (χ1v) is 8.07. The summed E-state index contributed by atoms with van der Waals surface area (Å²) in [5.41, 5.74) is 5.58. The van der Waals surface area contributed by atoms with Gasteiger partial charge < -0.3 is 10.8 Å². The van der Waals surface area contributed by atoms with Crippen molar-refractivity contribution in [1.82, 2.24) is 0 Å². The molecule has 116 valence electrons. The minimum Gasteiger partial charge on any atom is -0.391 e. The lowest BCUT2D eigenvalue weighted by Gasteiger charge is -2.10. The summed E-state index contributed by atoms with van der Waals surface area (Å²) in [6.07, 6.45) is 21.7. The van der Waals surface area contributed by atoms with Crippen LogP contribution in [0.4, 0.5) is 0 Å². The van der Waals surface area contributed by atoms with Crippen LogP contribution in [0.15, 0.2) is 36.5 Å². The molecule has 2 heteroatoms. The molecule has 0 rings (SSSR count). The molecule has 2 atom stereocenters. The Bertz CT molecular complexity index is 279. The van der Waals surface area contributed by atoms with E-state index in [-0.39, 0.29) is 6.04 Å². The maximum atomic E-state index is 9.51. The molecular formula is C18H33NO. The number of unbranched alkanes of at least 4 members (excludes halogenated alkanes) is 4. The van der Waals surface area contributed by atoms with Gasteiger partial charge in [0.2, 0.25) is 0 Å². The van der Waals surface area contributed by atoms with E-state index >= 15 is 0 Å². The summed E-state index contributed by atoms with van der Waals surface area (Å²) in [6, 6.07) is -0.149. The lowest BCUT2D eigenvalue weighted by Crippen LogP contribution is -2.30. The molecule has 0 unspecified atom stereocenters. The van der Waals surface area contributed by atoms with Crippen LogP contribution in [-0.2, 0) is 0 Å². The van der Waals surface area contributed by atoms with E-state index < -0.39 is 6.10 Å². The molecule has 0 saturated carbocycles. The van der Waals surface area contributed by atoms with Crippen molar-refractivity contribution in [1.29, 1.82) is 0 Å². The van der Waals surface area contributed by atoms with E-state index in [4.69, 9.17) is 5.73 Å². The Kier molecular flexibility index (Phi) is 13.9. The fraction of sp³-hybridized carbons (Fsp3) is 0.667. The smallest absolute Gasteiger partial charge is 0.0722 e. The van der Waals surface area contributed by atoms with Crippen LogP contribution in [0.2, 0.25) is 0 Å². The van der Waals surface area contributed by atoms with E-state index in [0.29, 0.717) is 6.42 Å². The van der Waals surface area contributed by atoms with Crippen LogP contribution < -0.4 is 5.73 Å². The summed E-state index contributed by atoms with van der Waals surface area (Å²) < 4.78 is 0. The van der Waals surface area contributed by atoms with Crippen molar-refractivity contribution in [2.45, 2.75) is 77.4 Å². The predicted octanol–water partition coefficient (Wildman–Crippen LogP) is 4.50. The third-order valence-corrected chi connectivity index (χ3v) is 3.23. The number of aliphatic hydroxyl groups excluding tert-OH is 1. The van der Waals surface area contributed by atoms with Crippen molar-refractivity contribution in [2.24, 2.45) is 5.73 Å². The Morgan fingerprint density at radius 2 is 1.50 bits per heavy atom. The molecule has 2 nitrogen and oxygen atoms in total. The summed E-state index contributed by atoms with van der Waals surface area (Å²) in [5.74, 6) is 0. The number of hydrogen-bond acceptors (Lipinski definition) is 2. The largest absolute Gasteiger partial charge is 0.391 e. The average molecular weight is 279 g/mol. The molecule has 0 aliphatic rings. The predicted molar refractivity (Wildman–Crippen MR) is 89.7 cm³/mol. The lowest BCUT2D eigenvalue weighted by molar-refractivity contribution is 0.154. The molecule has 0 aliphatic carbocycles. The SMILES string of the molecule is CCCCC/C=C\C/C=C\CC/C=C/C[C@H](O)[C@H](C)N. The van der Waals surface area contributed by atoms with Gasteiger partial charge in [0.1, 0.15) is 0 Å². The van der Waals surface area contributed by atoms with E-state index in [1.54, 1.807) is 0 Å². The van der Waals surface area contributed by atoms with Gasteiger partial charge in [-0.15, -0.1) is 0 Å². The molecule has 0 aromatic rings. The third kappa shape index (κ3) is 13.6. The minimum atomic E-state index is -0.417. The van der Waals surface area contributed by atoms with Gasteiger partial charge in [-0.1, -0.05) is 56.2 Å². The van der Waals surface area contributed by atoms with Crippen LogP contribution in [0.25, 0.3) is 0 Å². The monoisotopic (exact) mass is 279 g/mol. The molecule has 0 fully saturated rings. The molecule has 0 bridgehead atoms. The highest BCUT2D eigenvalue weighted by Gasteiger charge is 2.05. The minimum absolute atomic E-state index is 0.149. The lowest BCUT2D eigenvalue weighted by atomic mass is 10.1. The first-order chi connectivity index (χ1) is 9.68. The van der Waals surface area contributed by atoms with Gasteiger partial charge in [-0.2, -0.15) is 0 Å². The van der Waals surface area contributed by atoms with Crippen LogP contribution in [0.5, 0.6) is 0 Å². The van der Waals surface area contributed by atoms with Crippen molar-refractivity contribution in [2.75, 3.05) is 0 Å². The van der Waals surface area contributed by atoms with E-state index in [9.17, 15) is 5.11 Å². The van der Waals surface area contributed by atoms with Gasteiger partial charge in [0.05, 0.1) is 6.10 Å². The number of allylic oxidation sites excluding steroid dienone is 5. The Morgan fingerprint density at radius 1 is 0.900 bits per heavy atom. The summed E-state index contributed by atoms with van der Waals surface area (Å²) in [7, 11) is 0. The molecule has 0 spiro atoms. The van der Waals surface area contributed by atoms with Gasteiger partial charge in [-0.3, -0.25) is 0 Å². The van der Waals surface area contributed by atoms with Crippen molar-refractivity contribution < 1.29 is 5.11 Å². The molecular weight excluding hydrogens is 246 g/mol. The van der Waals surface area contributed by atoms with Crippen LogP contribution in [0.1, 0.15) is 65.2 Å². The summed E-state index contributed by atoms with van der Waals surface area (Å²) in [6.45, 7) is 4.06. The molecule has 0 saturated heterocycles. The van der Waals surface area contributed by atoms with Crippen molar-refractivity contribution in [3.8, 4) is 0 Å². The zero-order valence-corrected chi connectivity index (χ0v) is 13.3. The Hall–Kier alpha value is -0.860. The van der Waals surface area contributed by atoms with Gasteiger partial charge in [0, 0.05) is 6.04 Å². The third-order valence-electron chi connectivity index (χ3n) is 3.23. The number of rotatable bonds is 12. The number of nitrogens with two attached hydrogens (primary N) is 1. The summed E-state index contributed by atoms with van der Waals surface area (Å²) in [4.78, 5) is 0. The number of hydrogen-bond donors (Lipinski definition) is 2. The van der Waals surface area contributed by atoms with Crippen molar-refractivity contribution in [3.63, 3.8) is 0 Å². The van der Waals surface area contributed by atoms with Gasteiger partial charge in [0.25, 0.3) is 0 Å². The molecule has 20 heavy (non-hydrogen) atoms. The molecule has 0 aromatic heterocycles. The van der Waals surface area contributed by atoms with E-state index in [2.05, 4.69) is 37.3 Å². The van der Waals surface area contributed by atoms with Crippen molar-refractivity contribution >= 4 is 0 Å². The van der Waals surface area contributed by atoms with Crippen molar-refractivity contribution in [3.05, 3.63) is 36.5 Å². The Balaban J connectivity index is 3.41. The Labute approximate surface area is 125 Å². The fourth-order valence-electron chi connectivity index (χ4n) is 1.78. The molecule has 0 aromatic carbocycles. The quantitative estimate of drug-likeness (QED) is 0.408. The average Bonchev–Trinajstić information content (AvgIpc) is 2.43. The number of aliphatic hydroxyl groups is 1. The van der Waals surface area contributed by atoms with Crippen LogP contribution in [0.3, 0.4) is 0 Å².